The fraction of sp³-hybridized carbons (Fsp3) is 0.593. The van der Waals surface area contributed by atoms with Crippen LogP contribution in [0.5, 0.6) is 0 Å². The highest BCUT2D eigenvalue weighted by molar-refractivity contribution is 7.44. The first-order valence-electron chi connectivity index (χ1n) is 13.5. The predicted molar refractivity (Wildman–Crippen MR) is 147 cm³/mol. The molecule has 2 atom stereocenters. The molecular weight excluding hydrogens is 521 g/mol. The molecule has 2 aliphatic rings. The number of carbonyl (C=O) groups is 4. The summed E-state index contributed by atoms with van der Waals surface area (Å²) < 4.78 is 14.2. The van der Waals surface area contributed by atoms with Gasteiger partial charge in [0.05, 0.1) is 36.8 Å². The van der Waals surface area contributed by atoms with Crippen LogP contribution in [0, 0.1) is 11.3 Å². The van der Waals surface area contributed by atoms with Crippen LogP contribution in [-0.4, -0.2) is 71.1 Å². The SMILES string of the molecule is CC(C)N(C(C)C)P(OCCC#N)OCCCCCNc1cccc2c1C(=O)N(C1CCC(=O)NC1=O)C2=O. The minimum atomic E-state index is -1.26. The Labute approximate surface area is 231 Å². The van der Waals surface area contributed by atoms with E-state index in [1.165, 1.54) is 0 Å². The molecule has 0 aromatic heterocycles. The number of nitriles is 1. The molecule has 2 aliphatic heterocycles. The number of carbonyl (C=O) groups excluding carboxylic acids is 4. The molecule has 2 heterocycles. The molecule has 0 saturated carbocycles. The second-order valence-electron chi connectivity index (χ2n) is 10.0. The zero-order chi connectivity index (χ0) is 28.5. The zero-order valence-electron chi connectivity index (χ0n) is 23.1. The summed E-state index contributed by atoms with van der Waals surface area (Å²) in [5, 5.41) is 14.3. The van der Waals surface area contributed by atoms with Crippen molar-refractivity contribution in [2.24, 2.45) is 0 Å². The van der Waals surface area contributed by atoms with Crippen LogP contribution in [0.2, 0.25) is 0 Å². The highest BCUT2D eigenvalue weighted by atomic mass is 31.2. The molecule has 1 saturated heterocycles. The molecule has 0 bridgehead atoms. The number of hydrogen-bond donors (Lipinski definition) is 2. The Balaban J connectivity index is 1.50. The van der Waals surface area contributed by atoms with E-state index in [1.54, 1.807) is 18.2 Å². The van der Waals surface area contributed by atoms with Crippen molar-refractivity contribution >= 4 is 37.8 Å². The van der Waals surface area contributed by atoms with Gasteiger partial charge in [0.25, 0.3) is 20.3 Å². The van der Waals surface area contributed by atoms with Gasteiger partial charge in [-0.2, -0.15) is 5.26 Å². The van der Waals surface area contributed by atoms with Gasteiger partial charge in [0.2, 0.25) is 11.8 Å². The van der Waals surface area contributed by atoms with Crippen LogP contribution in [0.15, 0.2) is 18.2 Å². The van der Waals surface area contributed by atoms with E-state index in [9.17, 15) is 19.2 Å². The lowest BCUT2D eigenvalue weighted by Gasteiger charge is -2.35. The van der Waals surface area contributed by atoms with Crippen LogP contribution < -0.4 is 10.6 Å². The number of fused-ring (bicyclic) bond motifs is 1. The molecule has 1 aromatic carbocycles. The minimum absolute atomic E-state index is 0.0828. The standard InChI is InChI=1S/C27H38N5O6P/c1-18(2)32(19(3)4)39(38-17-9-14-28)37-16-7-5-6-15-29-21-11-8-10-20-24(21)27(36)31(26(20)35)22-12-13-23(33)30-25(22)34/h8,10-11,18-19,22,29H,5-7,9,12-13,15-17H2,1-4H3,(H,30,33,34). The zero-order valence-corrected chi connectivity index (χ0v) is 24.0. The van der Waals surface area contributed by atoms with Gasteiger partial charge >= 0.3 is 0 Å². The summed E-state index contributed by atoms with van der Waals surface area (Å²) in [4.78, 5) is 50.9. The summed E-state index contributed by atoms with van der Waals surface area (Å²) in [6.07, 6.45) is 3.04. The van der Waals surface area contributed by atoms with Crippen LogP contribution in [-0.2, 0) is 18.6 Å². The highest BCUT2D eigenvalue weighted by Crippen LogP contribution is 2.46. The van der Waals surface area contributed by atoms with Crippen molar-refractivity contribution in [2.75, 3.05) is 25.1 Å². The monoisotopic (exact) mass is 559 g/mol. The number of piperidine rings is 1. The number of hydrogen-bond acceptors (Lipinski definition) is 9. The quantitative estimate of drug-likeness (QED) is 0.186. The first-order chi connectivity index (χ1) is 18.7. The third kappa shape index (κ3) is 7.61. The van der Waals surface area contributed by atoms with E-state index in [2.05, 4.69) is 49.1 Å². The smallest absolute Gasteiger partial charge is 0.264 e. The van der Waals surface area contributed by atoms with E-state index >= 15 is 0 Å². The molecule has 2 N–H and O–H groups in total. The fourth-order valence-electron chi connectivity index (χ4n) is 4.75. The lowest BCUT2D eigenvalue weighted by molar-refractivity contribution is -0.136. The van der Waals surface area contributed by atoms with Gasteiger partial charge in [-0.3, -0.25) is 29.4 Å². The Morgan fingerprint density at radius 1 is 1.08 bits per heavy atom. The predicted octanol–water partition coefficient (Wildman–Crippen LogP) is 3.96. The van der Waals surface area contributed by atoms with E-state index in [4.69, 9.17) is 14.3 Å². The van der Waals surface area contributed by atoms with Gasteiger partial charge < -0.3 is 14.4 Å². The fourth-order valence-corrected chi connectivity index (χ4v) is 6.37. The minimum Gasteiger partial charge on any atom is -0.384 e. The van der Waals surface area contributed by atoms with Gasteiger partial charge in [-0.05, 0) is 65.5 Å². The van der Waals surface area contributed by atoms with Gasteiger partial charge in [-0.1, -0.05) is 6.07 Å². The van der Waals surface area contributed by atoms with E-state index in [0.717, 1.165) is 24.2 Å². The molecule has 39 heavy (non-hydrogen) atoms. The lowest BCUT2D eigenvalue weighted by atomic mass is 10.0. The summed E-state index contributed by atoms with van der Waals surface area (Å²) in [6, 6.07) is 6.64. The number of unbranched alkanes of at least 4 members (excludes halogenated alkanes) is 2. The van der Waals surface area contributed by atoms with Crippen molar-refractivity contribution in [1.29, 1.82) is 5.26 Å². The molecule has 2 unspecified atom stereocenters. The first kappa shape index (κ1) is 30.6. The molecule has 0 aliphatic carbocycles. The van der Waals surface area contributed by atoms with Crippen LogP contribution in [0.3, 0.4) is 0 Å². The third-order valence-corrected chi connectivity index (χ3v) is 8.58. The van der Waals surface area contributed by atoms with E-state index in [0.29, 0.717) is 31.9 Å². The number of anilines is 1. The molecule has 212 valence electrons. The van der Waals surface area contributed by atoms with Crippen molar-refractivity contribution in [3.63, 3.8) is 0 Å². The number of benzene rings is 1. The van der Waals surface area contributed by atoms with E-state index in [1.807, 2.05) is 0 Å². The summed E-state index contributed by atoms with van der Waals surface area (Å²) in [6.45, 7) is 9.85. The van der Waals surface area contributed by atoms with Crippen LogP contribution >= 0.6 is 8.53 Å². The summed E-state index contributed by atoms with van der Waals surface area (Å²) in [7, 11) is -1.26. The van der Waals surface area contributed by atoms with E-state index in [-0.39, 0.29) is 36.1 Å². The maximum atomic E-state index is 13.2. The number of nitrogens with zero attached hydrogens (tertiary/aromatic N) is 3. The van der Waals surface area contributed by atoms with Gasteiger partial charge in [0.1, 0.15) is 6.04 Å². The lowest BCUT2D eigenvalue weighted by Crippen LogP contribution is -2.54. The maximum Gasteiger partial charge on any atom is 0.264 e. The number of rotatable bonds is 15. The Kier molecular flexibility index (Phi) is 11.4. The van der Waals surface area contributed by atoms with Gasteiger partial charge in [-0.25, -0.2) is 4.67 Å². The average molecular weight is 560 g/mol. The summed E-state index contributed by atoms with van der Waals surface area (Å²) in [5.74, 6) is -2.07. The Morgan fingerprint density at radius 3 is 2.46 bits per heavy atom. The summed E-state index contributed by atoms with van der Waals surface area (Å²) >= 11 is 0. The van der Waals surface area contributed by atoms with Crippen molar-refractivity contribution in [3.05, 3.63) is 29.3 Å². The van der Waals surface area contributed by atoms with Gasteiger partial charge in [-0.15, -0.1) is 0 Å². The third-order valence-electron chi connectivity index (χ3n) is 6.47. The molecule has 11 nitrogen and oxygen atoms in total. The molecule has 4 amide bonds. The largest absolute Gasteiger partial charge is 0.384 e. The van der Waals surface area contributed by atoms with Crippen LogP contribution in [0.1, 0.15) is 86.9 Å². The number of amides is 4. The van der Waals surface area contributed by atoms with Crippen molar-refractivity contribution in [2.45, 2.75) is 84.3 Å². The molecule has 0 radical (unpaired) electrons. The molecular formula is C27H38N5O6P. The van der Waals surface area contributed by atoms with Crippen molar-refractivity contribution in [3.8, 4) is 6.07 Å². The number of imide groups is 2. The second-order valence-corrected chi connectivity index (χ2v) is 11.5. The average Bonchev–Trinajstić information content (AvgIpc) is 3.13. The Bertz CT molecular complexity index is 1100. The molecule has 1 fully saturated rings. The van der Waals surface area contributed by atoms with E-state index < -0.39 is 38.2 Å². The molecule has 12 heteroatoms. The Morgan fingerprint density at radius 2 is 1.79 bits per heavy atom. The van der Waals surface area contributed by atoms with Gasteiger partial charge in [0, 0.05) is 30.7 Å². The maximum absolute atomic E-state index is 13.2. The molecule has 1 aromatic rings. The van der Waals surface area contributed by atoms with Crippen LogP contribution in [0.25, 0.3) is 0 Å². The highest BCUT2D eigenvalue weighted by Gasteiger charge is 2.45. The molecule has 3 rings (SSSR count). The number of nitrogens with one attached hydrogen (secondary N) is 2. The Hall–Kier alpha value is -2.90. The second kappa shape index (κ2) is 14.5. The molecule has 0 spiro atoms. The van der Waals surface area contributed by atoms with Crippen LogP contribution in [0.4, 0.5) is 5.69 Å². The topological polar surface area (TPSA) is 141 Å². The van der Waals surface area contributed by atoms with Crippen molar-refractivity contribution < 1.29 is 28.2 Å². The van der Waals surface area contributed by atoms with Crippen molar-refractivity contribution in [1.82, 2.24) is 14.9 Å². The first-order valence-corrected chi connectivity index (χ1v) is 14.6. The van der Waals surface area contributed by atoms with Gasteiger partial charge in [0.15, 0.2) is 0 Å². The summed E-state index contributed by atoms with van der Waals surface area (Å²) in [5.41, 5.74) is 1.07. The normalized spacial score (nSPS) is 18.1.